The smallest absolute Gasteiger partial charge is 0.254 e. The molecule has 1 aromatic heterocycles. The van der Waals surface area contributed by atoms with Gasteiger partial charge in [-0.05, 0) is 25.1 Å². The van der Waals surface area contributed by atoms with Gasteiger partial charge in [0, 0.05) is 18.1 Å². The maximum Gasteiger partial charge on any atom is 0.254 e. The number of carbonyl (C=O) groups excluding carboxylic acids is 1. The lowest BCUT2D eigenvalue weighted by atomic mass is 10.1. The third kappa shape index (κ3) is 2.48. The Morgan fingerprint density at radius 1 is 1.56 bits per heavy atom. The molecule has 1 amide bonds. The van der Waals surface area contributed by atoms with Crippen molar-refractivity contribution in [2.24, 2.45) is 0 Å². The summed E-state index contributed by atoms with van der Waals surface area (Å²) in [5.41, 5.74) is 5.66. The second-order valence-corrected chi connectivity index (χ2v) is 3.91. The van der Waals surface area contributed by atoms with Crippen LogP contribution in [-0.2, 0) is 0 Å². The summed E-state index contributed by atoms with van der Waals surface area (Å²) < 4.78 is 13.5. The first kappa shape index (κ1) is 12.1. The Labute approximate surface area is 103 Å². The van der Waals surface area contributed by atoms with Gasteiger partial charge in [-0.1, -0.05) is 0 Å². The summed E-state index contributed by atoms with van der Waals surface area (Å²) in [6, 6.07) is 3.63. The van der Waals surface area contributed by atoms with Crippen LogP contribution in [0.15, 0.2) is 30.6 Å². The molecule has 1 heterocycles. The molecule has 94 valence electrons. The van der Waals surface area contributed by atoms with Crippen LogP contribution < -0.4 is 11.1 Å². The average molecular weight is 248 g/mol. The molecule has 0 bridgehead atoms. The number of nitrogen functional groups attached to an aromatic ring is 1. The van der Waals surface area contributed by atoms with Gasteiger partial charge in [0.15, 0.2) is 0 Å². The number of aromatic amines is 1. The number of hydrogen-bond donors (Lipinski definition) is 3. The van der Waals surface area contributed by atoms with Crippen LogP contribution in [0, 0.1) is 5.82 Å². The van der Waals surface area contributed by atoms with Gasteiger partial charge in [-0.2, -0.15) is 0 Å². The zero-order valence-corrected chi connectivity index (χ0v) is 9.77. The van der Waals surface area contributed by atoms with Crippen molar-refractivity contribution < 1.29 is 9.18 Å². The Morgan fingerprint density at radius 3 is 2.94 bits per heavy atom. The van der Waals surface area contributed by atoms with Crippen LogP contribution in [0.3, 0.4) is 0 Å². The Balaban J connectivity index is 2.12. The summed E-state index contributed by atoms with van der Waals surface area (Å²) in [6.07, 6.45) is 3.24. The van der Waals surface area contributed by atoms with Crippen LogP contribution in [0.4, 0.5) is 10.1 Å². The molecular formula is C12H13FN4O. The standard InChI is InChI=1S/C12H13FN4O/c1-7(11-15-4-5-16-11)17-12(18)9-3-2-8(14)6-10(9)13/h2-7H,14H2,1H3,(H,15,16)(H,17,18). The number of anilines is 1. The summed E-state index contributed by atoms with van der Waals surface area (Å²) in [4.78, 5) is 18.7. The fourth-order valence-electron chi connectivity index (χ4n) is 1.57. The lowest BCUT2D eigenvalue weighted by Gasteiger charge is -2.12. The second-order valence-electron chi connectivity index (χ2n) is 3.91. The fourth-order valence-corrected chi connectivity index (χ4v) is 1.57. The Kier molecular flexibility index (Phi) is 3.27. The van der Waals surface area contributed by atoms with Gasteiger partial charge in [0.1, 0.15) is 11.6 Å². The topological polar surface area (TPSA) is 83.8 Å². The molecule has 1 aromatic carbocycles. The molecule has 2 rings (SSSR count). The average Bonchev–Trinajstić information content (AvgIpc) is 2.81. The number of benzene rings is 1. The molecule has 0 aliphatic carbocycles. The summed E-state index contributed by atoms with van der Waals surface area (Å²) >= 11 is 0. The van der Waals surface area contributed by atoms with Gasteiger partial charge in [-0.25, -0.2) is 9.37 Å². The zero-order valence-electron chi connectivity index (χ0n) is 9.77. The van der Waals surface area contributed by atoms with Gasteiger partial charge in [0.05, 0.1) is 11.6 Å². The normalized spacial score (nSPS) is 12.1. The van der Waals surface area contributed by atoms with Crippen molar-refractivity contribution in [1.82, 2.24) is 15.3 Å². The van der Waals surface area contributed by atoms with Crippen LogP contribution in [-0.4, -0.2) is 15.9 Å². The van der Waals surface area contributed by atoms with E-state index in [1.807, 2.05) is 0 Å². The third-order valence-electron chi connectivity index (χ3n) is 2.51. The summed E-state index contributed by atoms with van der Waals surface area (Å²) in [6.45, 7) is 1.76. The predicted molar refractivity (Wildman–Crippen MR) is 65.3 cm³/mol. The largest absolute Gasteiger partial charge is 0.399 e. The highest BCUT2D eigenvalue weighted by Gasteiger charge is 2.16. The van der Waals surface area contributed by atoms with E-state index in [9.17, 15) is 9.18 Å². The molecule has 0 aliphatic rings. The number of imidazole rings is 1. The van der Waals surface area contributed by atoms with E-state index in [4.69, 9.17) is 5.73 Å². The highest BCUT2D eigenvalue weighted by Crippen LogP contribution is 2.13. The van der Waals surface area contributed by atoms with E-state index in [0.717, 1.165) is 6.07 Å². The number of aromatic nitrogens is 2. The zero-order chi connectivity index (χ0) is 13.1. The molecule has 0 saturated carbocycles. The molecule has 6 heteroatoms. The minimum atomic E-state index is -0.640. The van der Waals surface area contributed by atoms with Crippen molar-refractivity contribution in [3.8, 4) is 0 Å². The van der Waals surface area contributed by atoms with Crippen molar-refractivity contribution in [1.29, 1.82) is 0 Å². The number of carbonyl (C=O) groups is 1. The van der Waals surface area contributed by atoms with Crippen molar-refractivity contribution in [3.05, 3.63) is 47.8 Å². The van der Waals surface area contributed by atoms with Crippen LogP contribution >= 0.6 is 0 Å². The predicted octanol–water partition coefficient (Wildman–Crippen LogP) is 1.62. The number of hydrogen-bond acceptors (Lipinski definition) is 3. The van der Waals surface area contributed by atoms with Crippen molar-refractivity contribution in [3.63, 3.8) is 0 Å². The number of nitrogens with zero attached hydrogens (tertiary/aromatic N) is 1. The lowest BCUT2D eigenvalue weighted by molar-refractivity contribution is 0.0934. The summed E-state index contributed by atoms with van der Waals surface area (Å²) in [5.74, 6) is -0.533. The molecule has 0 radical (unpaired) electrons. The number of nitrogens with two attached hydrogens (primary N) is 1. The van der Waals surface area contributed by atoms with E-state index in [1.54, 1.807) is 19.3 Å². The molecule has 0 aliphatic heterocycles. The first-order chi connectivity index (χ1) is 8.58. The van der Waals surface area contributed by atoms with Gasteiger partial charge >= 0.3 is 0 Å². The second kappa shape index (κ2) is 4.87. The van der Waals surface area contributed by atoms with Gasteiger partial charge in [0.25, 0.3) is 5.91 Å². The van der Waals surface area contributed by atoms with E-state index < -0.39 is 11.7 Å². The highest BCUT2D eigenvalue weighted by atomic mass is 19.1. The maximum absolute atomic E-state index is 13.5. The minimum Gasteiger partial charge on any atom is -0.399 e. The van der Waals surface area contributed by atoms with E-state index in [-0.39, 0.29) is 17.3 Å². The van der Waals surface area contributed by atoms with Crippen LogP contribution in [0.5, 0.6) is 0 Å². The molecular weight excluding hydrogens is 235 g/mol. The molecule has 4 N–H and O–H groups in total. The molecule has 0 fully saturated rings. The highest BCUT2D eigenvalue weighted by molar-refractivity contribution is 5.95. The lowest BCUT2D eigenvalue weighted by Crippen LogP contribution is -2.28. The van der Waals surface area contributed by atoms with Gasteiger partial charge < -0.3 is 16.0 Å². The molecule has 1 atom stereocenters. The number of rotatable bonds is 3. The number of halogens is 1. The van der Waals surface area contributed by atoms with E-state index in [0.29, 0.717) is 5.82 Å². The quantitative estimate of drug-likeness (QED) is 0.722. The molecule has 2 aromatic rings. The first-order valence-electron chi connectivity index (χ1n) is 5.43. The van der Waals surface area contributed by atoms with Gasteiger partial charge in [-0.3, -0.25) is 4.79 Å². The van der Waals surface area contributed by atoms with Gasteiger partial charge in [-0.15, -0.1) is 0 Å². The van der Waals surface area contributed by atoms with Crippen LogP contribution in [0.25, 0.3) is 0 Å². The minimum absolute atomic E-state index is 0.0393. The maximum atomic E-state index is 13.5. The van der Waals surface area contributed by atoms with E-state index in [2.05, 4.69) is 15.3 Å². The fraction of sp³-hybridized carbons (Fsp3) is 0.167. The van der Waals surface area contributed by atoms with Crippen molar-refractivity contribution in [2.45, 2.75) is 13.0 Å². The number of H-pyrrole nitrogens is 1. The number of nitrogens with one attached hydrogen (secondary N) is 2. The van der Waals surface area contributed by atoms with Crippen molar-refractivity contribution in [2.75, 3.05) is 5.73 Å². The summed E-state index contributed by atoms with van der Waals surface area (Å²) in [5, 5.41) is 2.65. The van der Waals surface area contributed by atoms with Gasteiger partial charge in [0.2, 0.25) is 0 Å². The van der Waals surface area contributed by atoms with Crippen LogP contribution in [0.2, 0.25) is 0 Å². The van der Waals surface area contributed by atoms with Crippen molar-refractivity contribution >= 4 is 11.6 Å². The monoisotopic (exact) mass is 248 g/mol. The Hall–Kier alpha value is -2.37. The van der Waals surface area contributed by atoms with E-state index in [1.165, 1.54) is 12.1 Å². The number of amides is 1. The third-order valence-corrected chi connectivity index (χ3v) is 2.51. The van der Waals surface area contributed by atoms with E-state index >= 15 is 0 Å². The molecule has 0 saturated heterocycles. The Bertz CT molecular complexity index is 553. The SMILES string of the molecule is CC(NC(=O)c1ccc(N)cc1F)c1ncc[nH]1. The molecule has 18 heavy (non-hydrogen) atoms. The Morgan fingerprint density at radius 2 is 2.33 bits per heavy atom. The molecule has 5 nitrogen and oxygen atoms in total. The first-order valence-corrected chi connectivity index (χ1v) is 5.43. The van der Waals surface area contributed by atoms with Crippen LogP contribution in [0.1, 0.15) is 29.1 Å². The molecule has 1 unspecified atom stereocenters. The molecule has 0 spiro atoms. The summed E-state index contributed by atoms with van der Waals surface area (Å²) in [7, 11) is 0.